The number of para-hydroxylation sites is 1. The van der Waals surface area contributed by atoms with E-state index in [0.29, 0.717) is 42.5 Å². The highest BCUT2D eigenvalue weighted by Crippen LogP contribution is 2.43. The molecule has 0 bridgehead atoms. The lowest BCUT2D eigenvalue weighted by molar-refractivity contribution is -0.159. The molecule has 0 aliphatic carbocycles. The van der Waals surface area contributed by atoms with Gasteiger partial charge in [-0.05, 0) is 68.9 Å². The maximum absolute atomic E-state index is 14.0. The fraction of sp³-hybridized carbons (Fsp3) is 0.414. The average molecular weight is 518 g/mol. The molecule has 2 amide bonds. The zero-order valence-corrected chi connectivity index (χ0v) is 22.1. The summed E-state index contributed by atoms with van der Waals surface area (Å²) in [4.78, 5) is 43.8. The highest BCUT2D eigenvalue weighted by Gasteiger charge is 2.49. The summed E-state index contributed by atoms with van der Waals surface area (Å²) >= 11 is 1.27. The molecule has 2 saturated heterocycles. The van der Waals surface area contributed by atoms with Gasteiger partial charge in [-0.2, -0.15) is 0 Å². The van der Waals surface area contributed by atoms with E-state index in [9.17, 15) is 14.4 Å². The van der Waals surface area contributed by atoms with Gasteiger partial charge in [-0.1, -0.05) is 18.2 Å². The number of carbonyl (C=O) groups is 3. The number of nitrogens with zero attached hydrogens (tertiary/aromatic N) is 3. The largest absolute Gasteiger partial charge is 0.354 e. The summed E-state index contributed by atoms with van der Waals surface area (Å²) in [7, 11) is 0. The standard InChI is InChI=1S/C29H31N3O4S/c1-20(33)23-9-10-24(37-23)26(34)30-15-11-29(12-16-30)13-17-31(19-29)27(35)28(2)25-8-5-14-32(25)22-7-4-3-6-21(22)18-36-28/h3-10,14H,11-13,15-19H2,1-2H3. The normalized spacial score (nSPS) is 22.4. The third-order valence-corrected chi connectivity index (χ3v) is 9.59. The number of hydrogen-bond donors (Lipinski definition) is 0. The minimum absolute atomic E-state index is 0.00188. The molecular formula is C29H31N3O4S. The number of fused-ring (bicyclic) bond motifs is 3. The SMILES string of the molecule is CC(=O)c1ccc(C(=O)N2CCC3(CC2)CCN(C(=O)C2(C)OCc4ccccc4-n4cccc42)C3)s1. The lowest BCUT2D eigenvalue weighted by Gasteiger charge is -2.39. The number of benzene rings is 1. The van der Waals surface area contributed by atoms with Gasteiger partial charge >= 0.3 is 0 Å². The van der Waals surface area contributed by atoms with Crippen molar-refractivity contribution in [3.8, 4) is 5.69 Å². The highest BCUT2D eigenvalue weighted by molar-refractivity contribution is 7.15. The molecule has 5 heterocycles. The maximum atomic E-state index is 14.0. The zero-order chi connectivity index (χ0) is 25.8. The fourth-order valence-electron chi connectivity index (χ4n) is 6.12. The Labute approximate surface area is 220 Å². The van der Waals surface area contributed by atoms with Gasteiger partial charge < -0.3 is 19.1 Å². The molecule has 3 aliphatic heterocycles. The van der Waals surface area contributed by atoms with Crippen molar-refractivity contribution in [3.63, 3.8) is 0 Å². The molecule has 1 aromatic carbocycles. The van der Waals surface area contributed by atoms with Gasteiger partial charge in [-0.25, -0.2) is 0 Å². The van der Waals surface area contributed by atoms with Gasteiger partial charge in [0.05, 0.1) is 27.7 Å². The first kappa shape index (κ1) is 24.1. The Morgan fingerprint density at radius 2 is 1.59 bits per heavy atom. The number of hydrogen-bond acceptors (Lipinski definition) is 5. The topological polar surface area (TPSA) is 71.8 Å². The third-order valence-electron chi connectivity index (χ3n) is 8.41. The van der Waals surface area contributed by atoms with E-state index in [1.807, 2.05) is 53.3 Å². The summed E-state index contributed by atoms with van der Waals surface area (Å²) < 4.78 is 8.46. The van der Waals surface area contributed by atoms with Crippen LogP contribution in [-0.2, 0) is 21.7 Å². The number of thiophene rings is 1. The zero-order valence-electron chi connectivity index (χ0n) is 21.2. The molecule has 7 nitrogen and oxygen atoms in total. The first-order valence-corrected chi connectivity index (χ1v) is 13.7. The van der Waals surface area contributed by atoms with E-state index in [4.69, 9.17) is 4.74 Å². The third kappa shape index (κ3) is 4.03. The molecule has 3 aliphatic rings. The van der Waals surface area contributed by atoms with E-state index in [0.717, 1.165) is 36.2 Å². The van der Waals surface area contributed by atoms with Crippen LogP contribution < -0.4 is 0 Å². The van der Waals surface area contributed by atoms with Crippen molar-refractivity contribution in [2.24, 2.45) is 5.41 Å². The van der Waals surface area contributed by atoms with Crippen molar-refractivity contribution in [2.75, 3.05) is 26.2 Å². The molecule has 8 heteroatoms. The molecular weight excluding hydrogens is 486 g/mol. The fourth-order valence-corrected chi connectivity index (χ4v) is 6.98. The van der Waals surface area contributed by atoms with Crippen LogP contribution in [0.15, 0.2) is 54.7 Å². The lowest BCUT2D eigenvalue weighted by atomic mass is 9.77. The maximum Gasteiger partial charge on any atom is 0.263 e. The summed E-state index contributed by atoms with van der Waals surface area (Å²) in [5.41, 5.74) is 1.92. The van der Waals surface area contributed by atoms with E-state index in [-0.39, 0.29) is 23.0 Å². The summed E-state index contributed by atoms with van der Waals surface area (Å²) in [5, 5.41) is 0. The van der Waals surface area contributed by atoms with Gasteiger partial charge in [0.25, 0.3) is 11.8 Å². The minimum atomic E-state index is -1.07. The van der Waals surface area contributed by atoms with E-state index in [1.165, 1.54) is 18.3 Å². The Bertz CT molecular complexity index is 1380. The molecule has 2 fully saturated rings. The van der Waals surface area contributed by atoms with Crippen LogP contribution in [0.2, 0.25) is 0 Å². The van der Waals surface area contributed by atoms with Crippen LogP contribution in [0.3, 0.4) is 0 Å². The number of amides is 2. The van der Waals surface area contributed by atoms with Gasteiger partial charge in [0.15, 0.2) is 11.4 Å². The van der Waals surface area contributed by atoms with Crippen LogP contribution in [0, 0.1) is 5.41 Å². The molecule has 1 spiro atoms. The number of rotatable bonds is 3. The van der Waals surface area contributed by atoms with Crippen molar-refractivity contribution in [1.82, 2.24) is 14.4 Å². The van der Waals surface area contributed by atoms with Crippen molar-refractivity contribution in [3.05, 3.63) is 75.7 Å². The molecule has 192 valence electrons. The Hall–Kier alpha value is -3.23. The van der Waals surface area contributed by atoms with Crippen LogP contribution in [0.1, 0.15) is 63.7 Å². The van der Waals surface area contributed by atoms with Crippen molar-refractivity contribution >= 4 is 28.9 Å². The van der Waals surface area contributed by atoms with Crippen LogP contribution in [0.5, 0.6) is 0 Å². The van der Waals surface area contributed by atoms with Gasteiger partial charge in [-0.15, -0.1) is 11.3 Å². The van der Waals surface area contributed by atoms with Crippen LogP contribution in [0.25, 0.3) is 5.69 Å². The van der Waals surface area contributed by atoms with Crippen molar-refractivity contribution < 1.29 is 19.1 Å². The second-order valence-electron chi connectivity index (χ2n) is 10.7. The summed E-state index contributed by atoms with van der Waals surface area (Å²) in [6.07, 6.45) is 4.67. The number of aromatic nitrogens is 1. The average Bonchev–Trinajstić information content (AvgIpc) is 3.66. The number of Topliss-reactive ketones (excluding diaryl/α,β-unsaturated/α-hetero) is 1. The van der Waals surface area contributed by atoms with Gasteiger partial charge in [0.1, 0.15) is 0 Å². The second kappa shape index (κ2) is 8.96. The van der Waals surface area contributed by atoms with Gasteiger partial charge in [0.2, 0.25) is 0 Å². The lowest BCUT2D eigenvalue weighted by Crippen LogP contribution is -2.48. The van der Waals surface area contributed by atoms with Crippen LogP contribution in [0.4, 0.5) is 0 Å². The number of ether oxygens (including phenoxy) is 1. The Balaban J connectivity index is 1.15. The smallest absolute Gasteiger partial charge is 0.263 e. The summed E-state index contributed by atoms with van der Waals surface area (Å²) in [5.74, 6) is -0.0104. The highest BCUT2D eigenvalue weighted by atomic mass is 32.1. The molecule has 3 aromatic rings. The monoisotopic (exact) mass is 517 g/mol. The Morgan fingerprint density at radius 1 is 0.892 bits per heavy atom. The molecule has 6 rings (SSSR count). The van der Waals surface area contributed by atoms with Crippen LogP contribution in [-0.4, -0.2) is 58.1 Å². The van der Waals surface area contributed by atoms with Crippen molar-refractivity contribution in [2.45, 2.75) is 45.3 Å². The van der Waals surface area contributed by atoms with E-state index < -0.39 is 5.60 Å². The number of likely N-dealkylation sites (tertiary alicyclic amines) is 2. The van der Waals surface area contributed by atoms with Crippen LogP contribution >= 0.6 is 11.3 Å². The Kier molecular flexibility index (Phi) is 5.84. The predicted molar refractivity (Wildman–Crippen MR) is 141 cm³/mol. The molecule has 1 atom stereocenters. The number of piperidine rings is 1. The van der Waals surface area contributed by atoms with E-state index in [1.54, 1.807) is 12.1 Å². The Morgan fingerprint density at radius 3 is 2.32 bits per heavy atom. The van der Waals surface area contributed by atoms with Gasteiger partial charge in [-0.3, -0.25) is 14.4 Å². The minimum Gasteiger partial charge on any atom is -0.354 e. The predicted octanol–water partition coefficient (Wildman–Crippen LogP) is 4.64. The molecule has 0 radical (unpaired) electrons. The van der Waals surface area contributed by atoms with E-state index in [2.05, 4.69) is 10.6 Å². The molecule has 0 N–H and O–H groups in total. The van der Waals surface area contributed by atoms with Gasteiger partial charge in [0, 0.05) is 37.9 Å². The molecule has 1 unspecified atom stereocenters. The number of ketones is 1. The molecule has 37 heavy (non-hydrogen) atoms. The molecule has 0 saturated carbocycles. The second-order valence-corrected chi connectivity index (χ2v) is 11.8. The summed E-state index contributed by atoms with van der Waals surface area (Å²) in [6, 6.07) is 15.6. The summed E-state index contributed by atoms with van der Waals surface area (Å²) in [6.45, 7) is 6.52. The number of carbonyl (C=O) groups excluding carboxylic acids is 3. The van der Waals surface area contributed by atoms with E-state index >= 15 is 0 Å². The first-order chi connectivity index (χ1) is 17.8. The quantitative estimate of drug-likeness (QED) is 0.475. The van der Waals surface area contributed by atoms with Crippen molar-refractivity contribution in [1.29, 1.82) is 0 Å². The molecule has 2 aromatic heterocycles. The first-order valence-electron chi connectivity index (χ1n) is 12.9.